The summed E-state index contributed by atoms with van der Waals surface area (Å²) in [5.41, 5.74) is 2.01. The second-order valence-corrected chi connectivity index (χ2v) is 5.20. The molecule has 2 rings (SSSR count). The highest BCUT2D eigenvalue weighted by Crippen LogP contribution is 2.20. The molecule has 1 atom stereocenters. The van der Waals surface area contributed by atoms with Gasteiger partial charge in [0, 0.05) is 30.9 Å². The van der Waals surface area contributed by atoms with Crippen molar-refractivity contribution < 1.29 is 14.7 Å². The zero-order chi connectivity index (χ0) is 14.5. The maximum Gasteiger partial charge on any atom is 0.321 e. The number of rotatable bonds is 3. The minimum Gasteiger partial charge on any atom is -0.396 e. The fourth-order valence-corrected chi connectivity index (χ4v) is 2.51. The molecule has 20 heavy (non-hydrogen) atoms. The van der Waals surface area contributed by atoms with E-state index in [0.29, 0.717) is 24.3 Å². The molecule has 0 radical (unpaired) electrons. The quantitative estimate of drug-likeness (QED) is 0.830. The Kier molecular flexibility index (Phi) is 4.74. The van der Waals surface area contributed by atoms with Crippen molar-refractivity contribution in [1.82, 2.24) is 4.90 Å². The van der Waals surface area contributed by atoms with Crippen LogP contribution in [0.1, 0.15) is 28.8 Å². The number of aliphatic hydroxyl groups is 1. The first-order valence-electron chi connectivity index (χ1n) is 6.87. The van der Waals surface area contributed by atoms with Crippen LogP contribution in [0.3, 0.4) is 0 Å². The highest BCUT2D eigenvalue weighted by atomic mass is 16.3. The highest BCUT2D eigenvalue weighted by molar-refractivity contribution is 5.92. The van der Waals surface area contributed by atoms with Crippen molar-refractivity contribution in [3.63, 3.8) is 0 Å². The van der Waals surface area contributed by atoms with E-state index in [4.69, 9.17) is 0 Å². The van der Waals surface area contributed by atoms with Gasteiger partial charge in [-0.25, -0.2) is 4.79 Å². The third-order valence-electron chi connectivity index (χ3n) is 3.81. The third kappa shape index (κ3) is 3.17. The van der Waals surface area contributed by atoms with Crippen molar-refractivity contribution >= 4 is 18.0 Å². The Morgan fingerprint density at radius 2 is 2.35 bits per heavy atom. The molecule has 1 heterocycles. The number of aldehydes is 1. The van der Waals surface area contributed by atoms with E-state index in [1.807, 2.05) is 6.92 Å². The van der Waals surface area contributed by atoms with E-state index < -0.39 is 0 Å². The Bertz CT molecular complexity index is 502. The lowest BCUT2D eigenvalue weighted by atomic mass is 9.99. The van der Waals surface area contributed by atoms with Crippen molar-refractivity contribution in [3.8, 4) is 0 Å². The summed E-state index contributed by atoms with van der Waals surface area (Å²) in [7, 11) is 0. The number of nitrogens with one attached hydrogen (secondary N) is 1. The molecule has 108 valence electrons. The molecule has 0 bridgehead atoms. The lowest BCUT2D eigenvalue weighted by molar-refractivity contribution is 0.112. The summed E-state index contributed by atoms with van der Waals surface area (Å²) in [4.78, 5) is 24.8. The summed E-state index contributed by atoms with van der Waals surface area (Å²) >= 11 is 0. The van der Waals surface area contributed by atoms with Gasteiger partial charge in [0.15, 0.2) is 0 Å². The summed E-state index contributed by atoms with van der Waals surface area (Å²) in [6.45, 7) is 3.21. The first-order chi connectivity index (χ1) is 9.65. The predicted molar refractivity (Wildman–Crippen MR) is 77.0 cm³/mol. The van der Waals surface area contributed by atoms with Crippen LogP contribution in [0.4, 0.5) is 10.5 Å². The van der Waals surface area contributed by atoms with Gasteiger partial charge in [0.1, 0.15) is 6.29 Å². The molecule has 5 heteroatoms. The molecule has 1 aliphatic heterocycles. The van der Waals surface area contributed by atoms with Crippen molar-refractivity contribution in [1.29, 1.82) is 0 Å². The number of hydrogen-bond donors (Lipinski definition) is 2. The van der Waals surface area contributed by atoms with Gasteiger partial charge in [-0.3, -0.25) is 4.79 Å². The number of amides is 2. The molecule has 0 saturated carbocycles. The van der Waals surface area contributed by atoms with E-state index in [-0.39, 0.29) is 18.6 Å². The van der Waals surface area contributed by atoms with E-state index in [1.165, 1.54) is 0 Å². The van der Waals surface area contributed by atoms with Crippen molar-refractivity contribution in [2.24, 2.45) is 5.92 Å². The highest BCUT2D eigenvalue weighted by Gasteiger charge is 2.23. The summed E-state index contributed by atoms with van der Waals surface area (Å²) in [5, 5.41) is 12.0. The van der Waals surface area contributed by atoms with Gasteiger partial charge in [-0.1, -0.05) is 12.1 Å². The van der Waals surface area contributed by atoms with Crippen LogP contribution < -0.4 is 5.32 Å². The molecule has 2 amide bonds. The monoisotopic (exact) mass is 276 g/mol. The second-order valence-electron chi connectivity index (χ2n) is 5.20. The number of carbonyl (C=O) groups is 2. The summed E-state index contributed by atoms with van der Waals surface area (Å²) in [5.74, 6) is 0.164. The molecule has 0 spiro atoms. The molecule has 0 aromatic heterocycles. The van der Waals surface area contributed by atoms with Crippen LogP contribution in [0.2, 0.25) is 0 Å². The van der Waals surface area contributed by atoms with Crippen molar-refractivity contribution in [2.45, 2.75) is 19.8 Å². The van der Waals surface area contributed by atoms with Gasteiger partial charge in [0.25, 0.3) is 0 Å². The van der Waals surface area contributed by atoms with E-state index in [1.54, 1.807) is 23.1 Å². The third-order valence-corrected chi connectivity index (χ3v) is 3.81. The smallest absolute Gasteiger partial charge is 0.321 e. The Hall–Kier alpha value is -1.88. The van der Waals surface area contributed by atoms with Gasteiger partial charge in [0.2, 0.25) is 0 Å². The van der Waals surface area contributed by atoms with Crippen LogP contribution >= 0.6 is 0 Å². The molecule has 1 fully saturated rings. The SMILES string of the molecule is Cc1c(C=O)cccc1NC(=O)N1CCCC(CO)C1. The average molecular weight is 276 g/mol. The van der Waals surface area contributed by atoms with Crippen LogP contribution in [-0.4, -0.2) is 42.0 Å². The van der Waals surface area contributed by atoms with Crippen LogP contribution in [-0.2, 0) is 0 Å². The van der Waals surface area contributed by atoms with Gasteiger partial charge >= 0.3 is 6.03 Å². The fourth-order valence-electron chi connectivity index (χ4n) is 2.51. The number of nitrogens with zero attached hydrogens (tertiary/aromatic N) is 1. The Balaban J connectivity index is 2.06. The Morgan fingerprint density at radius 1 is 1.55 bits per heavy atom. The molecular formula is C15H20N2O3. The van der Waals surface area contributed by atoms with Gasteiger partial charge < -0.3 is 15.3 Å². The number of carbonyl (C=O) groups excluding carboxylic acids is 2. The predicted octanol–water partition coefficient (Wildman–Crippen LogP) is 2.04. The second kappa shape index (κ2) is 6.52. The Morgan fingerprint density at radius 3 is 3.05 bits per heavy atom. The lowest BCUT2D eigenvalue weighted by Crippen LogP contribution is -2.43. The molecule has 1 unspecified atom stereocenters. The van der Waals surface area contributed by atoms with Crippen LogP contribution in [0.15, 0.2) is 18.2 Å². The van der Waals surface area contributed by atoms with E-state index in [0.717, 1.165) is 24.7 Å². The number of anilines is 1. The summed E-state index contributed by atoms with van der Waals surface area (Å²) in [6, 6.07) is 5.09. The number of benzene rings is 1. The van der Waals surface area contributed by atoms with Crippen LogP contribution in [0.5, 0.6) is 0 Å². The van der Waals surface area contributed by atoms with Gasteiger partial charge in [-0.05, 0) is 37.3 Å². The zero-order valence-electron chi connectivity index (χ0n) is 11.6. The first-order valence-corrected chi connectivity index (χ1v) is 6.87. The van der Waals surface area contributed by atoms with Gasteiger partial charge in [-0.2, -0.15) is 0 Å². The first kappa shape index (κ1) is 14.5. The van der Waals surface area contributed by atoms with Gasteiger partial charge in [-0.15, -0.1) is 0 Å². The largest absolute Gasteiger partial charge is 0.396 e. The summed E-state index contributed by atoms with van der Waals surface area (Å²) in [6.07, 6.45) is 2.65. The lowest BCUT2D eigenvalue weighted by Gasteiger charge is -2.32. The van der Waals surface area contributed by atoms with Gasteiger partial charge in [0.05, 0.1) is 0 Å². The number of likely N-dealkylation sites (tertiary alicyclic amines) is 1. The van der Waals surface area contributed by atoms with Crippen LogP contribution in [0.25, 0.3) is 0 Å². The van der Waals surface area contributed by atoms with Crippen LogP contribution in [0, 0.1) is 12.8 Å². The topological polar surface area (TPSA) is 69.6 Å². The maximum atomic E-state index is 12.2. The molecule has 1 aromatic rings. The molecule has 2 N–H and O–H groups in total. The minimum absolute atomic E-state index is 0.115. The number of piperidine rings is 1. The zero-order valence-corrected chi connectivity index (χ0v) is 11.6. The number of hydrogen-bond acceptors (Lipinski definition) is 3. The molecule has 1 aliphatic rings. The minimum atomic E-state index is -0.172. The average Bonchev–Trinajstić information content (AvgIpc) is 2.49. The molecular weight excluding hydrogens is 256 g/mol. The fraction of sp³-hybridized carbons (Fsp3) is 0.467. The van der Waals surface area contributed by atoms with Crippen molar-refractivity contribution in [3.05, 3.63) is 29.3 Å². The molecule has 0 aliphatic carbocycles. The van der Waals surface area contributed by atoms with E-state index >= 15 is 0 Å². The molecule has 1 saturated heterocycles. The molecule has 5 nitrogen and oxygen atoms in total. The Labute approximate surface area is 118 Å². The normalized spacial score (nSPS) is 18.7. The van der Waals surface area contributed by atoms with Crippen molar-refractivity contribution in [2.75, 3.05) is 25.0 Å². The maximum absolute atomic E-state index is 12.2. The van der Waals surface area contributed by atoms with E-state index in [2.05, 4.69) is 5.32 Å². The number of urea groups is 1. The number of aliphatic hydroxyl groups excluding tert-OH is 1. The standard InChI is InChI=1S/C15H20N2O3/c1-11-13(10-19)5-2-6-14(11)16-15(20)17-7-3-4-12(8-17)9-18/h2,5-6,10,12,18H,3-4,7-9H2,1H3,(H,16,20). The summed E-state index contributed by atoms with van der Waals surface area (Å²) < 4.78 is 0. The van der Waals surface area contributed by atoms with E-state index in [9.17, 15) is 14.7 Å². The molecule has 1 aromatic carbocycles.